The molecule has 0 saturated carbocycles. The van der Waals surface area contributed by atoms with Crippen LogP contribution in [0.15, 0.2) is 36.7 Å². The summed E-state index contributed by atoms with van der Waals surface area (Å²) in [6, 6.07) is 7.61. The van der Waals surface area contributed by atoms with Gasteiger partial charge in [0.05, 0.1) is 0 Å². The van der Waals surface area contributed by atoms with E-state index in [1.807, 2.05) is 0 Å². The second kappa shape index (κ2) is 5.49. The minimum absolute atomic E-state index is 0.0780. The molecule has 3 rings (SSSR count). The van der Waals surface area contributed by atoms with Crippen molar-refractivity contribution in [3.8, 4) is 5.75 Å². The zero-order chi connectivity index (χ0) is 14.8. The highest BCUT2D eigenvalue weighted by molar-refractivity contribution is 6.29. The standard InChI is InChI=1S/C12H8ClF2N5O/c13-9-5-10(20-12(19-9)16-6-17-20)18-7-1-3-8(4-2-7)21-11(14)15/h1-6,11,18H. The molecule has 0 radical (unpaired) electrons. The summed E-state index contributed by atoms with van der Waals surface area (Å²) in [6.07, 6.45) is 1.35. The molecule has 0 atom stereocenters. The number of aromatic nitrogens is 4. The zero-order valence-corrected chi connectivity index (χ0v) is 11.1. The van der Waals surface area contributed by atoms with Crippen molar-refractivity contribution in [3.63, 3.8) is 0 Å². The van der Waals surface area contributed by atoms with Crippen LogP contribution in [0, 0.1) is 0 Å². The largest absolute Gasteiger partial charge is 0.435 e. The van der Waals surface area contributed by atoms with Gasteiger partial charge in [-0.2, -0.15) is 28.4 Å². The van der Waals surface area contributed by atoms with Crippen LogP contribution in [0.1, 0.15) is 0 Å². The van der Waals surface area contributed by atoms with Gasteiger partial charge in [0.25, 0.3) is 5.78 Å². The van der Waals surface area contributed by atoms with Crippen molar-refractivity contribution in [2.75, 3.05) is 5.32 Å². The van der Waals surface area contributed by atoms with Crippen LogP contribution in [-0.4, -0.2) is 26.2 Å². The van der Waals surface area contributed by atoms with Crippen molar-refractivity contribution in [1.82, 2.24) is 19.6 Å². The number of hydrogen-bond donors (Lipinski definition) is 1. The molecule has 0 spiro atoms. The fourth-order valence-electron chi connectivity index (χ4n) is 1.74. The molecule has 9 heteroatoms. The van der Waals surface area contributed by atoms with Gasteiger partial charge < -0.3 is 10.1 Å². The molecule has 6 nitrogen and oxygen atoms in total. The van der Waals surface area contributed by atoms with Crippen molar-refractivity contribution in [2.45, 2.75) is 6.61 Å². The maximum Gasteiger partial charge on any atom is 0.387 e. The van der Waals surface area contributed by atoms with Crippen LogP contribution in [0.25, 0.3) is 5.78 Å². The Morgan fingerprint density at radius 3 is 2.71 bits per heavy atom. The third-order valence-electron chi connectivity index (χ3n) is 2.57. The normalized spacial score (nSPS) is 11.0. The first kappa shape index (κ1) is 13.5. The van der Waals surface area contributed by atoms with Gasteiger partial charge in [0, 0.05) is 11.8 Å². The Balaban J connectivity index is 1.86. The third-order valence-corrected chi connectivity index (χ3v) is 2.77. The molecule has 108 valence electrons. The van der Waals surface area contributed by atoms with E-state index >= 15 is 0 Å². The third kappa shape index (κ3) is 3.00. The first-order chi connectivity index (χ1) is 10.1. The molecule has 0 amide bonds. The summed E-state index contributed by atoms with van der Waals surface area (Å²) in [5, 5.41) is 7.32. The summed E-state index contributed by atoms with van der Waals surface area (Å²) in [7, 11) is 0. The lowest BCUT2D eigenvalue weighted by atomic mass is 10.3. The molecule has 21 heavy (non-hydrogen) atoms. The van der Waals surface area contributed by atoms with Gasteiger partial charge >= 0.3 is 6.61 Å². The van der Waals surface area contributed by atoms with Crippen LogP contribution in [0.3, 0.4) is 0 Å². The van der Waals surface area contributed by atoms with E-state index in [2.05, 4.69) is 25.1 Å². The van der Waals surface area contributed by atoms with Gasteiger partial charge in [0.2, 0.25) is 0 Å². The Kier molecular flexibility index (Phi) is 3.53. The molecular formula is C12H8ClF2N5O. The number of ether oxygens (including phenoxy) is 1. The van der Waals surface area contributed by atoms with Crippen LogP contribution in [0.4, 0.5) is 20.3 Å². The smallest absolute Gasteiger partial charge is 0.387 e. The minimum Gasteiger partial charge on any atom is -0.435 e. The molecule has 1 N–H and O–H groups in total. The van der Waals surface area contributed by atoms with Gasteiger partial charge in [-0.25, -0.2) is 0 Å². The predicted octanol–water partition coefficient (Wildman–Crippen LogP) is 3.12. The number of benzene rings is 1. The van der Waals surface area contributed by atoms with Gasteiger partial charge in [0.1, 0.15) is 23.0 Å². The topological polar surface area (TPSA) is 64.3 Å². The molecule has 0 bridgehead atoms. The van der Waals surface area contributed by atoms with E-state index in [9.17, 15) is 8.78 Å². The Morgan fingerprint density at radius 2 is 2.00 bits per heavy atom. The molecule has 0 aliphatic carbocycles. The number of hydrogen-bond acceptors (Lipinski definition) is 5. The fourth-order valence-corrected chi connectivity index (χ4v) is 1.92. The van der Waals surface area contributed by atoms with Crippen LogP contribution in [-0.2, 0) is 0 Å². The Morgan fingerprint density at radius 1 is 1.24 bits per heavy atom. The number of rotatable bonds is 4. The number of nitrogens with one attached hydrogen (secondary N) is 1. The number of halogens is 3. The monoisotopic (exact) mass is 311 g/mol. The Hall–Kier alpha value is -2.48. The fraction of sp³-hybridized carbons (Fsp3) is 0.0833. The summed E-state index contributed by atoms with van der Waals surface area (Å²) in [5.41, 5.74) is 0.649. The average Bonchev–Trinajstić information content (AvgIpc) is 2.88. The zero-order valence-electron chi connectivity index (χ0n) is 10.4. The first-order valence-corrected chi connectivity index (χ1v) is 6.18. The predicted molar refractivity (Wildman–Crippen MR) is 72.1 cm³/mol. The summed E-state index contributed by atoms with van der Waals surface area (Å²) < 4.78 is 29.9. The van der Waals surface area contributed by atoms with Crippen LogP contribution in [0.5, 0.6) is 5.75 Å². The van der Waals surface area contributed by atoms with Gasteiger partial charge in [-0.1, -0.05) is 11.6 Å². The van der Waals surface area contributed by atoms with Gasteiger partial charge in [0.15, 0.2) is 0 Å². The van der Waals surface area contributed by atoms with E-state index in [-0.39, 0.29) is 10.9 Å². The van der Waals surface area contributed by atoms with E-state index in [0.717, 1.165) is 0 Å². The lowest BCUT2D eigenvalue weighted by Gasteiger charge is -2.09. The van der Waals surface area contributed by atoms with E-state index in [1.165, 1.54) is 23.0 Å². The maximum atomic E-state index is 12.1. The van der Waals surface area contributed by atoms with E-state index in [0.29, 0.717) is 17.3 Å². The van der Waals surface area contributed by atoms with Crippen molar-refractivity contribution in [3.05, 3.63) is 41.8 Å². The summed E-state index contributed by atoms with van der Waals surface area (Å²) in [6.45, 7) is -2.85. The lowest BCUT2D eigenvalue weighted by molar-refractivity contribution is -0.0498. The molecule has 2 aromatic heterocycles. The molecule has 0 saturated heterocycles. The van der Waals surface area contributed by atoms with E-state index in [4.69, 9.17) is 11.6 Å². The molecule has 0 aliphatic rings. The summed E-state index contributed by atoms with van der Waals surface area (Å²) in [4.78, 5) is 7.94. The van der Waals surface area contributed by atoms with E-state index < -0.39 is 6.61 Å². The quantitative estimate of drug-likeness (QED) is 0.750. The first-order valence-electron chi connectivity index (χ1n) is 5.80. The SMILES string of the molecule is FC(F)Oc1ccc(Nc2cc(Cl)nc3ncnn23)cc1. The molecular weight excluding hydrogens is 304 g/mol. The number of anilines is 2. The molecule has 0 aliphatic heterocycles. The van der Waals surface area contributed by atoms with Crippen molar-refractivity contribution in [2.24, 2.45) is 0 Å². The van der Waals surface area contributed by atoms with Gasteiger partial charge in [-0.3, -0.25) is 0 Å². The number of fused-ring (bicyclic) bond motifs is 1. The van der Waals surface area contributed by atoms with Crippen molar-refractivity contribution in [1.29, 1.82) is 0 Å². The Bertz CT molecular complexity index is 762. The molecule has 2 heterocycles. The highest BCUT2D eigenvalue weighted by Crippen LogP contribution is 2.22. The number of alkyl halides is 2. The second-order valence-corrected chi connectivity index (χ2v) is 4.35. The molecule has 1 aromatic carbocycles. The second-order valence-electron chi connectivity index (χ2n) is 3.96. The highest BCUT2D eigenvalue weighted by atomic mass is 35.5. The molecule has 3 aromatic rings. The Labute approximate surface area is 122 Å². The maximum absolute atomic E-state index is 12.1. The summed E-state index contributed by atoms with van der Waals surface area (Å²) >= 11 is 5.89. The van der Waals surface area contributed by atoms with Crippen LogP contribution < -0.4 is 10.1 Å². The van der Waals surface area contributed by atoms with Crippen LogP contribution in [0.2, 0.25) is 5.15 Å². The number of nitrogens with zero attached hydrogens (tertiary/aromatic N) is 4. The van der Waals surface area contributed by atoms with Crippen molar-refractivity contribution >= 4 is 28.9 Å². The molecule has 0 unspecified atom stereocenters. The lowest BCUT2D eigenvalue weighted by Crippen LogP contribution is -2.03. The minimum atomic E-state index is -2.85. The van der Waals surface area contributed by atoms with Gasteiger partial charge in [-0.05, 0) is 24.3 Å². The van der Waals surface area contributed by atoms with E-state index in [1.54, 1.807) is 18.2 Å². The van der Waals surface area contributed by atoms with Crippen molar-refractivity contribution < 1.29 is 13.5 Å². The molecule has 0 fully saturated rings. The summed E-state index contributed by atoms with van der Waals surface area (Å²) in [5.74, 6) is 0.974. The average molecular weight is 312 g/mol. The van der Waals surface area contributed by atoms with Gasteiger partial charge in [-0.15, -0.1) is 0 Å². The highest BCUT2D eigenvalue weighted by Gasteiger charge is 2.08. The van der Waals surface area contributed by atoms with Crippen LogP contribution >= 0.6 is 11.6 Å².